The molecule has 1 aromatic carbocycles. The summed E-state index contributed by atoms with van der Waals surface area (Å²) < 4.78 is 5.42. The average molecular weight is 198 g/mol. The van der Waals surface area contributed by atoms with Crippen LogP contribution in [0.1, 0.15) is 24.1 Å². The van der Waals surface area contributed by atoms with Crippen LogP contribution in [-0.4, -0.2) is 6.61 Å². The summed E-state index contributed by atoms with van der Waals surface area (Å²) in [6, 6.07) is 3.82. The van der Waals surface area contributed by atoms with Crippen LogP contribution in [-0.2, 0) is 6.42 Å². The van der Waals surface area contributed by atoms with Crippen LogP contribution in [0.5, 0.6) is 5.75 Å². The fourth-order valence-electron chi connectivity index (χ4n) is 1.74. The molecule has 0 unspecified atom stereocenters. The molecule has 0 fully saturated rings. The Labute approximate surface area is 82.6 Å². The molecular formula is C10H12ClNO. The molecule has 0 bridgehead atoms. The smallest absolute Gasteiger partial charge is 0.126 e. The molecule has 0 amide bonds. The molecule has 1 aliphatic rings. The number of rotatable bonds is 1. The van der Waals surface area contributed by atoms with Crippen molar-refractivity contribution >= 4 is 11.6 Å². The van der Waals surface area contributed by atoms with Gasteiger partial charge in [-0.15, -0.1) is 0 Å². The second-order valence-electron chi connectivity index (χ2n) is 3.25. The lowest BCUT2D eigenvalue weighted by atomic mass is 10.0. The molecule has 0 saturated heterocycles. The first-order valence-electron chi connectivity index (χ1n) is 4.43. The van der Waals surface area contributed by atoms with Gasteiger partial charge in [0.1, 0.15) is 12.4 Å². The number of benzene rings is 1. The molecule has 0 aliphatic carbocycles. The topological polar surface area (TPSA) is 35.2 Å². The van der Waals surface area contributed by atoms with E-state index in [0.29, 0.717) is 6.61 Å². The van der Waals surface area contributed by atoms with Crippen molar-refractivity contribution in [1.82, 2.24) is 0 Å². The fourth-order valence-corrected chi connectivity index (χ4v) is 1.97. The van der Waals surface area contributed by atoms with Gasteiger partial charge in [-0.3, -0.25) is 0 Å². The van der Waals surface area contributed by atoms with Crippen molar-refractivity contribution in [3.05, 3.63) is 28.3 Å². The van der Waals surface area contributed by atoms with Crippen LogP contribution in [0.2, 0.25) is 5.02 Å². The summed E-state index contributed by atoms with van der Waals surface area (Å²) in [5.74, 6) is 0.858. The van der Waals surface area contributed by atoms with Crippen LogP contribution in [0.15, 0.2) is 12.1 Å². The quantitative estimate of drug-likeness (QED) is 0.750. The molecule has 0 spiro atoms. The zero-order chi connectivity index (χ0) is 9.42. The molecule has 3 heteroatoms. The van der Waals surface area contributed by atoms with E-state index in [2.05, 4.69) is 6.92 Å². The van der Waals surface area contributed by atoms with Gasteiger partial charge in [-0.05, 0) is 24.1 Å². The highest BCUT2D eigenvalue weighted by atomic mass is 35.5. The Morgan fingerprint density at radius 1 is 1.62 bits per heavy atom. The van der Waals surface area contributed by atoms with Crippen LogP contribution in [0.4, 0.5) is 0 Å². The highest BCUT2D eigenvalue weighted by Crippen LogP contribution is 2.36. The first kappa shape index (κ1) is 8.85. The first-order valence-corrected chi connectivity index (χ1v) is 4.81. The first-order chi connectivity index (χ1) is 6.22. The molecule has 2 N–H and O–H groups in total. The van der Waals surface area contributed by atoms with Crippen LogP contribution in [0.3, 0.4) is 0 Å². The van der Waals surface area contributed by atoms with Gasteiger partial charge in [-0.25, -0.2) is 0 Å². The Bertz CT molecular complexity index is 338. The minimum atomic E-state index is 0.0159. The molecule has 13 heavy (non-hydrogen) atoms. The van der Waals surface area contributed by atoms with Gasteiger partial charge in [-0.1, -0.05) is 18.5 Å². The van der Waals surface area contributed by atoms with Gasteiger partial charge in [0.2, 0.25) is 0 Å². The molecule has 1 atom stereocenters. The third-order valence-electron chi connectivity index (χ3n) is 2.36. The Morgan fingerprint density at radius 2 is 2.38 bits per heavy atom. The number of hydrogen-bond acceptors (Lipinski definition) is 2. The highest BCUT2D eigenvalue weighted by molar-refractivity contribution is 6.30. The maximum Gasteiger partial charge on any atom is 0.126 e. The summed E-state index contributed by atoms with van der Waals surface area (Å²) in [5.41, 5.74) is 8.24. The van der Waals surface area contributed by atoms with E-state index < -0.39 is 0 Å². The van der Waals surface area contributed by atoms with Crippen molar-refractivity contribution in [3.8, 4) is 5.75 Å². The second kappa shape index (κ2) is 3.20. The third-order valence-corrected chi connectivity index (χ3v) is 2.58. The van der Waals surface area contributed by atoms with E-state index in [4.69, 9.17) is 22.1 Å². The zero-order valence-corrected chi connectivity index (χ0v) is 8.27. The summed E-state index contributed by atoms with van der Waals surface area (Å²) in [6.45, 7) is 2.67. The van der Waals surface area contributed by atoms with E-state index in [0.717, 1.165) is 22.8 Å². The number of ether oxygens (including phenoxy) is 1. The molecule has 0 saturated carbocycles. The van der Waals surface area contributed by atoms with Crippen molar-refractivity contribution < 1.29 is 4.74 Å². The minimum absolute atomic E-state index is 0.0159. The van der Waals surface area contributed by atoms with Crippen molar-refractivity contribution in [2.45, 2.75) is 19.4 Å². The Hall–Kier alpha value is -0.730. The van der Waals surface area contributed by atoms with E-state index in [-0.39, 0.29) is 6.04 Å². The molecular weight excluding hydrogens is 186 g/mol. The number of halogens is 1. The summed E-state index contributed by atoms with van der Waals surface area (Å²) in [5, 5.41) is 0.727. The monoisotopic (exact) mass is 197 g/mol. The number of aryl methyl sites for hydroxylation is 1. The lowest BCUT2D eigenvalue weighted by Crippen LogP contribution is -2.12. The average Bonchev–Trinajstić information content (AvgIpc) is 2.46. The van der Waals surface area contributed by atoms with Crippen molar-refractivity contribution in [3.63, 3.8) is 0 Å². The lowest BCUT2D eigenvalue weighted by molar-refractivity contribution is 0.333. The number of fused-ring (bicyclic) bond motifs is 1. The molecule has 1 aliphatic heterocycles. The normalized spacial score (nSPS) is 19.8. The molecule has 0 aromatic heterocycles. The van der Waals surface area contributed by atoms with Gasteiger partial charge in [-0.2, -0.15) is 0 Å². The molecule has 2 nitrogen and oxygen atoms in total. The van der Waals surface area contributed by atoms with Gasteiger partial charge in [0, 0.05) is 10.6 Å². The zero-order valence-electron chi connectivity index (χ0n) is 7.51. The summed E-state index contributed by atoms with van der Waals surface area (Å²) in [4.78, 5) is 0. The fraction of sp³-hybridized carbons (Fsp3) is 0.400. The van der Waals surface area contributed by atoms with Gasteiger partial charge in [0.25, 0.3) is 0 Å². The number of hydrogen-bond donors (Lipinski definition) is 1. The highest BCUT2D eigenvalue weighted by Gasteiger charge is 2.23. The van der Waals surface area contributed by atoms with E-state index in [1.165, 1.54) is 5.56 Å². The lowest BCUT2D eigenvalue weighted by Gasteiger charge is -2.07. The van der Waals surface area contributed by atoms with Crippen LogP contribution >= 0.6 is 11.6 Å². The second-order valence-corrected chi connectivity index (χ2v) is 3.68. The maximum atomic E-state index is 5.93. The maximum absolute atomic E-state index is 5.93. The molecule has 1 heterocycles. The van der Waals surface area contributed by atoms with E-state index in [9.17, 15) is 0 Å². The standard InChI is InChI=1S/C10H12ClNO/c1-2-6-3-7(11)4-9-10(6)8(12)5-13-9/h3-4,8H,2,5,12H2,1H3/t8-/m0/s1. The van der Waals surface area contributed by atoms with Crippen molar-refractivity contribution in [1.29, 1.82) is 0 Å². The van der Waals surface area contributed by atoms with E-state index >= 15 is 0 Å². The molecule has 2 rings (SSSR count). The molecule has 0 radical (unpaired) electrons. The van der Waals surface area contributed by atoms with Crippen LogP contribution in [0, 0.1) is 0 Å². The predicted octanol–water partition coefficient (Wildman–Crippen LogP) is 2.29. The van der Waals surface area contributed by atoms with E-state index in [1.54, 1.807) is 0 Å². The molecule has 1 aromatic rings. The van der Waals surface area contributed by atoms with Gasteiger partial charge < -0.3 is 10.5 Å². The van der Waals surface area contributed by atoms with Crippen molar-refractivity contribution in [2.24, 2.45) is 5.73 Å². The summed E-state index contributed by atoms with van der Waals surface area (Å²) in [6.07, 6.45) is 0.944. The Morgan fingerprint density at radius 3 is 3.08 bits per heavy atom. The van der Waals surface area contributed by atoms with Crippen LogP contribution < -0.4 is 10.5 Å². The third kappa shape index (κ3) is 1.40. The SMILES string of the molecule is CCc1cc(Cl)cc2c1[C@@H](N)CO2. The summed E-state index contributed by atoms with van der Waals surface area (Å²) in [7, 11) is 0. The molecule has 70 valence electrons. The van der Waals surface area contributed by atoms with Crippen LogP contribution in [0.25, 0.3) is 0 Å². The Kier molecular flexibility index (Phi) is 2.18. The largest absolute Gasteiger partial charge is 0.491 e. The predicted molar refractivity (Wildman–Crippen MR) is 53.3 cm³/mol. The van der Waals surface area contributed by atoms with Gasteiger partial charge in [0.15, 0.2) is 0 Å². The minimum Gasteiger partial charge on any atom is -0.491 e. The van der Waals surface area contributed by atoms with Gasteiger partial charge in [0.05, 0.1) is 6.04 Å². The number of nitrogens with two attached hydrogens (primary N) is 1. The van der Waals surface area contributed by atoms with Gasteiger partial charge >= 0.3 is 0 Å². The summed E-state index contributed by atoms with van der Waals surface area (Å²) >= 11 is 5.93. The Balaban J connectivity index is 2.57. The van der Waals surface area contributed by atoms with Crippen molar-refractivity contribution in [2.75, 3.05) is 6.61 Å². The van der Waals surface area contributed by atoms with E-state index in [1.807, 2.05) is 12.1 Å².